The molecule has 0 bridgehead atoms. The van der Waals surface area contributed by atoms with Gasteiger partial charge in [-0.3, -0.25) is 9.36 Å². The Morgan fingerprint density at radius 1 is 1.50 bits per heavy atom. The maximum Gasteiger partial charge on any atom is 0.328 e. The summed E-state index contributed by atoms with van der Waals surface area (Å²) in [5.74, 6) is -1.00. The van der Waals surface area contributed by atoms with Gasteiger partial charge in [-0.1, -0.05) is 0 Å². The molecule has 1 heterocycles. The first-order valence-electron chi connectivity index (χ1n) is 4.08. The van der Waals surface area contributed by atoms with Crippen LogP contribution in [-0.4, -0.2) is 15.8 Å². The van der Waals surface area contributed by atoms with Gasteiger partial charge >= 0.3 is 5.69 Å². The second-order valence-electron chi connectivity index (χ2n) is 2.71. The van der Waals surface area contributed by atoms with E-state index in [1.807, 2.05) is 0 Å². The molecule has 0 aliphatic heterocycles. The van der Waals surface area contributed by atoms with Crippen LogP contribution in [0.1, 0.15) is 12.8 Å². The Hall–Kier alpha value is -1.72. The summed E-state index contributed by atoms with van der Waals surface area (Å²) in [5, 5.41) is 0. The van der Waals surface area contributed by atoms with E-state index in [0.717, 1.165) is 10.8 Å². The van der Waals surface area contributed by atoms with Crippen LogP contribution in [0.15, 0.2) is 15.8 Å². The third-order valence-corrected chi connectivity index (χ3v) is 1.72. The summed E-state index contributed by atoms with van der Waals surface area (Å²) in [7, 11) is 0. The van der Waals surface area contributed by atoms with E-state index < -0.39 is 17.1 Å². The van der Waals surface area contributed by atoms with E-state index in [1.165, 1.54) is 0 Å². The number of hydrogen-bond acceptors (Lipinski definition) is 3. The lowest BCUT2D eigenvalue weighted by Gasteiger charge is -2.01. The summed E-state index contributed by atoms with van der Waals surface area (Å²) in [6.07, 6.45) is 1.98. The van der Waals surface area contributed by atoms with E-state index in [-0.39, 0.29) is 13.0 Å². The minimum atomic E-state index is -1.00. The Kier molecular flexibility index (Phi) is 3.33. The first-order chi connectivity index (χ1) is 6.66. The molecule has 1 aromatic heterocycles. The Bertz CT molecular complexity index is 435. The number of nitrogens with zero attached hydrogens (tertiary/aromatic N) is 1. The Balaban J connectivity index is 2.95. The largest absolute Gasteiger partial charge is 0.328 e. The monoisotopic (exact) mass is 200 g/mol. The number of aromatic amines is 1. The number of nitrogens with one attached hydrogen (secondary N) is 1. The number of H-pyrrole nitrogens is 1. The number of aldehydes is 1. The van der Waals surface area contributed by atoms with Crippen LogP contribution in [0.3, 0.4) is 0 Å². The highest BCUT2D eigenvalue weighted by Gasteiger charge is 2.05. The van der Waals surface area contributed by atoms with Crippen LogP contribution in [0.2, 0.25) is 0 Å². The van der Waals surface area contributed by atoms with Crippen LogP contribution in [-0.2, 0) is 11.3 Å². The van der Waals surface area contributed by atoms with Crippen LogP contribution < -0.4 is 11.2 Å². The molecule has 0 spiro atoms. The molecule has 5 nitrogen and oxygen atoms in total. The summed E-state index contributed by atoms with van der Waals surface area (Å²) in [5.41, 5.74) is -1.62. The summed E-state index contributed by atoms with van der Waals surface area (Å²) < 4.78 is 13.4. The van der Waals surface area contributed by atoms with Crippen molar-refractivity contribution in [1.82, 2.24) is 9.55 Å². The zero-order chi connectivity index (χ0) is 10.6. The molecule has 1 aromatic rings. The fraction of sp³-hybridized carbons (Fsp3) is 0.375. The molecule has 0 saturated carbocycles. The van der Waals surface area contributed by atoms with Crippen molar-refractivity contribution in [3.05, 3.63) is 32.9 Å². The van der Waals surface area contributed by atoms with Gasteiger partial charge in [-0.2, -0.15) is 4.39 Å². The summed E-state index contributed by atoms with van der Waals surface area (Å²) in [4.78, 5) is 34.2. The SMILES string of the molecule is O=CCCCn1c(=O)[nH]cc(F)c1=O. The van der Waals surface area contributed by atoms with Gasteiger partial charge in [0.15, 0.2) is 0 Å². The standard InChI is InChI=1S/C8H9FN2O3/c9-6-5-10-8(14)11(7(6)13)3-1-2-4-12/h4-5H,1-3H2,(H,10,14). The number of unbranched alkanes of at least 4 members (excludes halogenated alkanes) is 1. The summed E-state index contributed by atoms with van der Waals surface area (Å²) >= 11 is 0. The molecule has 0 unspecified atom stereocenters. The number of carbonyl (C=O) groups is 1. The van der Waals surface area contributed by atoms with Gasteiger partial charge in [-0.25, -0.2) is 4.79 Å². The van der Waals surface area contributed by atoms with E-state index in [9.17, 15) is 18.8 Å². The molecule has 0 atom stereocenters. The summed E-state index contributed by atoms with van der Waals surface area (Å²) in [6, 6.07) is 0. The average molecular weight is 200 g/mol. The van der Waals surface area contributed by atoms with Gasteiger partial charge in [-0.15, -0.1) is 0 Å². The second kappa shape index (κ2) is 4.50. The second-order valence-corrected chi connectivity index (χ2v) is 2.71. The first-order valence-corrected chi connectivity index (χ1v) is 4.08. The highest BCUT2D eigenvalue weighted by molar-refractivity contribution is 5.48. The predicted octanol–water partition coefficient (Wildman–Crippen LogP) is -0.345. The molecule has 14 heavy (non-hydrogen) atoms. The maximum absolute atomic E-state index is 12.7. The van der Waals surface area contributed by atoms with Gasteiger partial charge in [0.2, 0.25) is 5.82 Å². The average Bonchev–Trinajstić information content (AvgIpc) is 2.18. The van der Waals surface area contributed by atoms with Crippen LogP contribution in [0.5, 0.6) is 0 Å². The van der Waals surface area contributed by atoms with Crippen molar-refractivity contribution in [2.75, 3.05) is 0 Å². The lowest BCUT2D eigenvalue weighted by molar-refractivity contribution is -0.107. The molecule has 1 N–H and O–H groups in total. The normalized spacial score (nSPS) is 10.1. The molecule has 6 heteroatoms. The van der Waals surface area contributed by atoms with Crippen molar-refractivity contribution in [3.8, 4) is 0 Å². The molecule has 0 aliphatic rings. The lowest BCUT2D eigenvalue weighted by atomic mass is 10.3. The van der Waals surface area contributed by atoms with Gasteiger partial charge in [-0.05, 0) is 6.42 Å². The van der Waals surface area contributed by atoms with E-state index in [2.05, 4.69) is 4.98 Å². The Morgan fingerprint density at radius 3 is 2.86 bits per heavy atom. The van der Waals surface area contributed by atoms with Crippen LogP contribution >= 0.6 is 0 Å². The van der Waals surface area contributed by atoms with Crippen molar-refractivity contribution >= 4 is 6.29 Å². The molecule has 0 aliphatic carbocycles. The number of aromatic nitrogens is 2. The van der Waals surface area contributed by atoms with Crippen molar-refractivity contribution in [3.63, 3.8) is 0 Å². The molecule has 1 rings (SSSR count). The van der Waals surface area contributed by atoms with Gasteiger partial charge < -0.3 is 9.78 Å². The van der Waals surface area contributed by atoms with Crippen LogP contribution in [0.25, 0.3) is 0 Å². The molecular weight excluding hydrogens is 191 g/mol. The van der Waals surface area contributed by atoms with E-state index in [1.54, 1.807) is 0 Å². The Morgan fingerprint density at radius 2 is 2.21 bits per heavy atom. The molecule has 0 amide bonds. The molecular formula is C8H9FN2O3. The third kappa shape index (κ3) is 2.15. The smallest absolute Gasteiger partial charge is 0.311 e. The zero-order valence-electron chi connectivity index (χ0n) is 7.33. The summed E-state index contributed by atoms with van der Waals surface area (Å²) in [6.45, 7) is 0.0463. The molecule has 76 valence electrons. The number of rotatable bonds is 4. The maximum atomic E-state index is 12.7. The molecule has 0 fully saturated rings. The molecule has 0 radical (unpaired) electrons. The molecule has 0 saturated heterocycles. The van der Waals surface area contributed by atoms with Crippen LogP contribution in [0.4, 0.5) is 4.39 Å². The highest BCUT2D eigenvalue weighted by atomic mass is 19.1. The van der Waals surface area contributed by atoms with Gasteiger partial charge in [0, 0.05) is 19.2 Å². The van der Waals surface area contributed by atoms with Crippen molar-refractivity contribution < 1.29 is 9.18 Å². The number of halogens is 1. The van der Waals surface area contributed by atoms with Gasteiger partial charge in [0.1, 0.15) is 6.29 Å². The van der Waals surface area contributed by atoms with Gasteiger partial charge in [0.05, 0.1) is 0 Å². The number of carbonyl (C=O) groups excluding carboxylic acids is 1. The Labute approximate surface area is 78.2 Å². The predicted molar refractivity (Wildman–Crippen MR) is 46.6 cm³/mol. The minimum absolute atomic E-state index is 0.0463. The lowest BCUT2D eigenvalue weighted by Crippen LogP contribution is -2.36. The van der Waals surface area contributed by atoms with Gasteiger partial charge in [0.25, 0.3) is 5.56 Å². The highest BCUT2D eigenvalue weighted by Crippen LogP contribution is 1.87. The van der Waals surface area contributed by atoms with E-state index >= 15 is 0 Å². The topological polar surface area (TPSA) is 71.9 Å². The van der Waals surface area contributed by atoms with E-state index in [4.69, 9.17) is 0 Å². The number of hydrogen-bond donors (Lipinski definition) is 1. The van der Waals surface area contributed by atoms with Crippen molar-refractivity contribution in [1.29, 1.82) is 0 Å². The quantitative estimate of drug-likeness (QED) is 0.533. The van der Waals surface area contributed by atoms with Crippen molar-refractivity contribution in [2.24, 2.45) is 0 Å². The van der Waals surface area contributed by atoms with Crippen LogP contribution in [0, 0.1) is 5.82 Å². The first kappa shape index (κ1) is 10.4. The zero-order valence-corrected chi connectivity index (χ0v) is 7.33. The fourth-order valence-corrected chi connectivity index (χ4v) is 1.02. The minimum Gasteiger partial charge on any atom is -0.311 e. The van der Waals surface area contributed by atoms with Crippen molar-refractivity contribution in [2.45, 2.75) is 19.4 Å². The fourth-order valence-electron chi connectivity index (χ4n) is 1.02. The van der Waals surface area contributed by atoms with E-state index in [0.29, 0.717) is 12.7 Å². The molecule has 0 aromatic carbocycles. The third-order valence-electron chi connectivity index (χ3n) is 1.72.